The van der Waals surface area contributed by atoms with Crippen molar-refractivity contribution >= 4 is 27.5 Å². The second-order valence-electron chi connectivity index (χ2n) is 7.27. The highest BCUT2D eigenvalue weighted by molar-refractivity contribution is 7.90. The van der Waals surface area contributed by atoms with Crippen LogP contribution in [0.1, 0.15) is 55.6 Å². The predicted octanol–water partition coefficient (Wildman–Crippen LogP) is 3.91. The molecular weight excluding hydrogens is 402 g/mol. The summed E-state index contributed by atoms with van der Waals surface area (Å²) in [6.45, 7) is 6.31. The molecule has 1 aliphatic heterocycles. The van der Waals surface area contributed by atoms with Crippen LogP contribution in [0.25, 0.3) is 0 Å². The number of amidine groups is 1. The second-order valence-corrected chi connectivity index (χ2v) is 8.84. The van der Waals surface area contributed by atoms with Gasteiger partial charge in [0, 0.05) is 12.1 Å². The number of ether oxygens (including phenoxy) is 1. The molecule has 0 aromatic heterocycles. The van der Waals surface area contributed by atoms with E-state index in [2.05, 4.69) is 16.6 Å². The van der Waals surface area contributed by atoms with E-state index in [9.17, 15) is 13.2 Å². The van der Waals surface area contributed by atoms with Crippen LogP contribution in [0.5, 0.6) is 5.75 Å². The molecule has 160 valence electrons. The number of amides is 1. The van der Waals surface area contributed by atoms with E-state index >= 15 is 0 Å². The maximum absolute atomic E-state index is 12.8. The van der Waals surface area contributed by atoms with Gasteiger partial charge in [-0.1, -0.05) is 25.5 Å². The average molecular weight is 430 g/mol. The fourth-order valence-electron chi connectivity index (χ4n) is 3.39. The molecule has 7 nitrogen and oxygen atoms in total. The van der Waals surface area contributed by atoms with Gasteiger partial charge in [0.25, 0.3) is 15.9 Å². The van der Waals surface area contributed by atoms with E-state index in [4.69, 9.17) is 4.74 Å². The molecular formula is C22H27N3O4S. The predicted molar refractivity (Wildman–Crippen MR) is 118 cm³/mol. The number of nitrogens with one attached hydrogen (secondary N) is 1. The molecule has 1 aliphatic rings. The number of sulfonamides is 1. The molecule has 0 fully saturated rings. The van der Waals surface area contributed by atoms with Crippen molar-refractivity contribution in [2.24, 2.45) is 4.40 Å². The lowest BCUT2D eigenvalue weighted by Crippen LogP contribution is -2.35. The first-order chi connectivity index (χ1) is 14.3. The van der Waals surface area contributed by atoms with Gasteiger partial charge in [-0.15, -0.1) is 4.40 Å². The molecule has 0 aliphatic carbocycles. The van der Waals surface area contributed by atoms with Crippen LogP contribution >= 0.6 is 0 Å². The molecule has 30 heavy (non-hydrogen) atoms. The number of hydrogen-bond acceptors (Lipinski definition) is 5. The number of hydrogen-bond donors (Lipinski definition) is 1. The molecule has 2 aromatic rings. The standard InChI is InChI=1S/C22H27N3O4S/c1-5-6-13-25-16(3)24-30(27,28)21-14-18(9-12-20(21)25)22(26)23-15(2)17-7-10-19(29-4)11-8-17/h7-12,14-15H,5-6,13H2,1-4H3,(H,23,26). The van der Waals surface area contributed by atoms with Crippen molar-refractivity contribution in [3.8, 4) is 5.75 Å². The number of methoxy groups -OCH3 is 1. The minimum absolute atomic E-state index is 0.0638. The third kappa shape index (κ3) is 4.48. The second kappa shape index (κ2) is 8.87. The summed E-state index contributed by atoms with van der Waals surface area (Å²) in [6.07, 6.45) is 1.89. The minimum atomic E-state index is -3.84. The lowest BCUT2D eigenvalue weighted by Gasteiger charge is -2.29. The van der Waals surface area contributed by atoms with Gasteiger partial charge in [-0.05, 0) is 56.2 Å². The molecule has 1 heterocycles. The molecule has 1 amide bonds. The van der Waals surface area contributed by atoms with Gasteiger partial charge in [-0.25, -0.2) is 0 Å². The smallest absolute Gasteiger partial charge is 0.286 e. The van der Waals surface area contributed by atoms with Gasteiger partial charge in [-0.3, -0.25) is 4.79 Å². The molecule has 0 radical (unpaired) electrons. The van der Waals surface area contributed by atoms with Crippen molar-refractivity contribution in [2.75, 3.05) is 18.6 Å². The van der Waals surface area contributed by atoms with Crippen LogP contribution in [0.15, 0.2) is 51.8 Å². The fourth-order valence-corrected chi connectivity index (χ4v) is 4.65. The van der Waals surface area contributed by atoms with E-state index in [0.29, 0.717) is 18.1 Å². The van der Waals surface area contributed by atoms with E-state index in [0.717, 1.165) is 24.2 Å². The highest BCUT2D eigenvalue weighted by atomic mass is 32.2. The third-order valence-corrected chi connectivity index (χ3v) is 6.52. The number of carbonyl (C=O) groups is 1. The van der Waals surface area contributed by atoms with Crippen LogP contribution < -0.4 is 15.0 Å². The quantitative estimate of drug-likeness (QED) is 0.721. The number of benzene rings is 2. The summed E-state index contributed by atoms with van der Waals surface area (Å²) < 4.78 is 34.3. The van der Waals surface area contributed by atoms with Gasteiger partial charge in [0.05, 0.1) is 18.8 Å². The Kier molecular flexibility index (Phi) is 6.45. The highest BCUT2D eigenvalue weighted by Gasteiger charge is 2.29. The van der Waals surface area contributed by atoms with Gasteiger partial charge in [0.1, 0.15) is 16.5 Å². The molecule has 3 rings (SSSR count). The molecule has 0 saturated heterocycles. The maximum atomic E-state index is 12.8. The van der Waals surface area contributed by atoms with Gasteiger partial charge in [0.2, 0.25) is 0 Å². The van der Waals surface area contributed by atoms with Crippen LogP contribution in [0.4, 0.5) is 5.69 Å². The molecule has 8 heteroatoms. The van der Waals surface area contributed by atoms with E-state index in [1.165, 1.54) is 6.07 Å². The molecule has 1 N–H and O–H groups in total. The van der Waals surface area contributed by atoms with E-state index in [1.54, 1.807) is 26.2 Å². The van der Waals surface area contributed by atoms with Crippen LogP contribution in [0, 0.1) is 0 Å². The largest absolute Gasteiger partial charge is 0.497 e. The zero-order valence-corrected chi connectivity index (χ0v) is 18.5. The first-order valence-corrected chi connectivity index (χ1v) is 11.4. The fraction of sp³-hybridized carbons (Fsp3) is 0.364. The third-order valence-electron chi connectivity index (χ3n) is 5.13. The Balaban J connectivity index is 1.85. The van der Waals surface area contributed by atoms with Gasteiger partial charge >= 0.3 is 0 Å². The van der Waals surface area contributed by atoms with Crippen molar-refractivity contribution in [1.82, 2.24) is 5.32 Å². The first kappa shape index (κ1) is 21.8. The number of nitrogens with zero attached hydrogens (tertiary/aromatic N) is 2. The molecule has 2 aromatic carbocycles. The summed E-state index contributed by atoms with van der Waals surface area (Å²) >= 11 is 0. The summed E-state index contributed by atoms with van der Waals surface area (Å²) in [5.41, 5.74) is 1.76. The molecule has 1 unspecified atom stereocenters. The van der Waals surface area contributed by atoms with Crippen molar-refractivity contribution < 1.29 is 17.9 Å². The molecule has 0 saturated carbocycles. The van der Waals surface area contributed by atoms with Gasteiger partial charge in [0.15, 0.2) is 0 Å². The summed E-state index contributed by atoms with van der Waals surface area (Å²) in [4.78, 5) is 14.7. The maximum Gasteiger partial charge on any atom is 0.286 e. The summed E-state index contributed by atoms with van der Waals surface area (Å²) in [7, 11) is -2.24. The Morgan fingerprint density at radius 1 is 1.20 bits per heavy atom. The molecule has 0 bridgehead atoms. The molecule has 0 spiro atoms. The van der Waals surface area contributed by atoms with Crippen LogP contribution in [0.2, 0.25) is 0 Å². The van der Waals surface area contributed by atoms with Crippen LogP contribution in [-0.4, -0.2) is 33.8 Å². The molecule has 1 atom stereocenters. The van der Waals surface area contributed by atoms with Crippen molar-refractivity contribution in [3.05, 3.63) is 53.6 Å². The van der Waals surface area contributed by atoms with Crippen molar-refractivity contribution in [2.45, 2.75) is 44.6 Å². The Hall–Kier alpha value is -2.87. The summed E-state index contributed by atoms with van der Waals surface area (Å²) in [5.74, 6) is 0.838. The summed E-state index contributed by atoms with van der Waals surface area (Å²) in [5, 5.41) is 2.91. The number of fused-ring (bicyclic) bond motifs is 1. The van der Waals surface area contributed by atoms with E-state index in [1.807, 2.05) is 36.1 Å². The SMILES string of the molecule is CCCCN1C(C)=NS(=O)(=O)c2cc(C(=O)NC(C)c3ccc(OC)cc3)ccc21. The number of unbranched alkanes of at least 4 members (excludes halogenated alkanes) is 1. The normalized spacial score (nSPS) is 15.7. The monoisotopic (exact) mass is 429 g/mol. The zero-order valence-electron chi connectivity index (χ0n) is 17.7. The average Bonchev–Trinajstić information content (AvgIpc) is 2.73. The van der Waals surface area contributed by atoms with E-state index in [-0.39, 0.29) is 22.4 Å². The minimum Gasteiger partial charge on any atom is -0.497 e. The number of anilines is 1. The number of rotatable bonds is 7. The van der Waals surface area contributed by atoms with Crippen molar-refractivity contribution in [1.29, 1.82) is 0 Å². The first-order valence-electron chi connectivity index (χ1n) is 9.94. The Labute approximate surface area is 177 Å². The number of carbonyl (C=O) groups excluding carboxylic acids is 1. The lowest BCUT2D eigenvalue weighted by atomic mass is 10.1. The van der Waals surface area contributed by atoms with Gasteiger partial charge in [-0.2, -0.15) is 8.42 Å². The van der Waals surface area contributed by atoms with Crippen molar-refractivity contribution in [3.63, 3.8) is 0 Å². The van der Waals surface area contributed by atoms with Gasteiger partial charge < -0.3 is 15.0 Å². The lowest BCUT2D eigenvalue weighted by molar-refractivity contribution is 0.0939. The van der Waals surface area contributed by atoms with Crippen LogP contribution in [-0.2, 0) is 10.0 Å². The topological polar surface area (TPSA) is 88.1 Å². The summed E-state index contributed by atoms with van der Waals surface area (Å²) in [6, 6.07) is 11.9. The van der Waals surface area contributed by atoms with E-state index < -0.39 is 10.0 Å². The Morgan fingerprint density at radius 3 is 2.53 bits per heavy atom. The Bertz CT molecular complexity index is 1060. The Morgan fingerprint density at radius 2 is 1.90 bits per heavy atom. The van der Waals surface area contributed by atoms with Crippen LogP contribution in [0.3, 0.4) is 0 Å². The zero-order chi connectivity index (χ0) is 21.9. The highest BCUT2D eigenvalue weighted by Crippen LogP contribution is 2.33.